The van der Waals surface area contributed by atoms with E-state index in [9.17, 15) is 10.3 Å². The Morgan fingerprint density at radius 2 is 2.00 bits per heavy atom. The molecule has 2 N–H and O–H groups in total. The molecule has 4 heteroatoms. The van der Waals surface area contributed by atoms with E-state index in [0.29, 0.717) is 10.9 Å². The highest BCUT2D eigenvalue weighted by molar-refractivity contribution is 6.40. The van der Waals surface area contributed by atoms with Gasteiger partial charge in [0.15, 0.2) is 0 Å². The maximum atomic E-state index is 9.37. The van der Waals surface area contributed by atoms with Crippen LogP contribution in [0, 0.1) is 0 Å². The van der Waals surface area contributed by atoms with Crippen LogP contribution in [0.15, 0.2) is 30.5 Å². The summed E-state index contributed by atoms with van der Waals surface area (Å²) in [6, 6.07) is 6.43. The Balaban J connectivity index is 2.94. The quantitative estimate of drug-likeness (QED) is 0.330. The van der Waals surface area contributed by atoms with Crippen molar-refractivity contribution in [1.29, 1.82) is 0 Å². The van der Waals surface area contributed by atoms with Gasteiger partial charge in [-0.3, -0.25) is 5.21 Å². The molecule has 2 rings (SSSR count). The van der Waals surface area contributed by atoms with Gasteiger partial charge in [-0.05, 0) is 17.6 Å². The smallest absolute Gasteiger partial charge is 0.264 e. The lowest BCUT2D eigenvalue weighted by Crippen LogP contribution is -2.31. The van der Waals surface area contributed by atoms with E-state index in [1.165, 1.54) is 12.3 Å². The van der Waals surface area contributed by atoms with E-state index in [1.807, 2.05) is 0 Å². The first-order valence-corrected chi connectivity index (χ1v) is 3.81. The minimum atomic E-state index is 0.0266. The number of aromatic nitrogens is 1. The third-order valence-electron chi connectivity index (χ3n) is 1.98. The number of aromatic hydroxyl groups is 1. The summed E-state index contributed by atoms with van der Waals surface area (Å²) in [6.07, 6.45) is 1.50. The highest BCUT2D eigenvalue weighted by Gasteiger charge is 2.10. The molecule has 62 valence electrons. The van der Waals surface area contributed by atoms with Crippen LogP contribution in [0.25, 0.3) is 10.9 Å². The molecule has 2 aromatic rings. The van der Waals surface area contributed by atoms with Gasteiger partial charge >= 0.3 is 0 Å². The first-order valence-electron chi connectivity index (χ1n) is 3.81. The zero-order valence-corrected chi connectivity index (χ0v) is 6.81. The highest BCUT2D eigenvalue weighted by atomic mass is 16.5. The Morgan fingerprint density at radius 1 is 1.23 bits per heavy atom. The summed E-state index contributed by atoms with van der Waals surface area (Å²) in [5, 5.41) is 19.3. The molecule has 0 aliphatic heterocycles. The number of rotatable bonds is 0. The second-order valence-corrected chi connectivity index (χ2v) is 2.78. The van der Waals surface area contributed by atoms with Crippen LogP contribution >= 0.6 is 0 Å². The maximum Gasteiger partial charge on any atom is 0.264 e. The van der Waals surface area contributed by atoms with E-state index in [0.717, 1.165) is 4.73 Å². The SMILES string of the molecule is [B]c1c(O)ccc2c1ccc[n+]2O. The Hall–Kier alpha value is -1.71. The zero-order chi connectivity index (χ0) is 9.42. The van der Waals surface area contributed by atoms with Gasteiger partial charge in [0.05, 0.1) is 0 Å². The molecule has 1 aromatic heterocycles. The van der Waals surface area contributed by atoms with Crippen molar-refractivity contribution in [2.24, 2.45) is 0 Å². The van der Waals surface area contributed by atoms with Crippen LogP contribution < -0.4 is 10.2 Å². The van der Waals surface area contributed by atoms with Crippen molar-refractivity contribution < 1.29 is 15.0 Å². The van der Waals surface area contributed by atoms with Crippen molar-refractivity contribution in [2.75, 3.05) is 0 Å². The lowest BCUT2D eigenvalue weighted by molar-refractivity contribution is -0.884. The fourth-order valence-electron chi connectivity index (χ4n) is 1.29. The van der Waals surface area contributed by atoms with Gasteiger partial charge < -0.3 is 5.11 Å². The summed E-state index contributed by atoms with van der Waals surface area (Å²) in [6.45, 7) is 0. The summed E-state index contributed by atoms with van der Waals surface area (Å²) in [7, 11) is 5.61. The van der Waals surface area contributed by atoms with Gasteiger partial charge in [-0.1, -0.05) is 0 Å². The van der Waals surface area contributed by atoms with Crippen molar-refractivity contribution in [3.8, 4) is 5.75 Å². The standard InChI is InChI=1S/C9H6BNO2/c10-9-6-2-1-5-11(13)7(6)3-4-8(9)12/h1-5H,(H-,12,13)/p+1. The molecule has 0 fully saturated rings. The average molecular weight is 172 g/mol. The number of hydrogen-bond acceptors (Lipinski definition) is 2. The van der Waals surface area contributed by atoms with Crippen molar-refractivity contribution in [1.82, 2.24) is 0 Å². The number of pyridine rings is 1. The Kier molecular flexibility index (Phi) is 1.62. The van der Waals surface area contributed by atoms with Crippen LogP contribution in [0.2, 0.25) is 0 Å². The van der Waals surface area contributed by atoms with Gasteiger partial charge in [-0.15, -0.1) is 0 Å². The normalized spacial score (nSPS) is 10.5. The van der Waals surface area contributed by atoms with Gasteiger partial charge in [0.2, 0.25) is 6.20 Å². The summed E-state index contributed by atoms with van der Waals surface area (Å²) in [5.74, 6) is 0.0266. The van der Waals surface area contributed by atoms with Gasteiger partial charge in [-0.2, -0.15) is 0 Å². The molecular formula is C9H7BNO2+. The monoisotopic (exact) mass is 172 g/mol. The van der Waals surface area contributed by atoms with Crippen LogP contribution in [0.3, 0.4) is 0 Å². The number of benzene rings is 1. The third kappa shape index (κ3) is 1.11. The van der Waals surface area contributed by atoms with Crippen LogP contribution in [0.1, 0.15) is 0 Å². The van der Waals surface area contributed by atoms with Crippen LogP contribution in [0.4, 0.5) is 0 Å². The minimum Gasteiger partial charge on any atom is -0.509 e. The van der Waals surface area contributed by atoms with E-state index in [4.69, 9.17) is 7.85 Å². The Labute approximate surface area is 76.2 Å². The zero-order valence-electron chi connectivity index (χ0n) is 6.81. The molecule has 0 saturated heterocycles. The van der Waals surface area contributed by atoms with E-state index in [1.54, 1.807) is 18.2 Å². The van der Waals surface area contributed by atoms with E-state index in [-0.39, 0.29) is 11.2 Å². The van der Waals surface area contributed by atoms with Crippen molar-refractivity contribution in [3.05, 3.63) is 30.5 Å². The van der Waals surface area contributed by atoms with Crippen molar-refractivity contribution >= 4 is 24.2 Å². The van der Waals surface area contributed by atoms with Crippen LogP contribution in [-0.4, -0.2) is 18.2 Å². The number of nitrogens with zero attached hydrogens (tertiary/aromatic N) is 1. The number of phenolic OH excluding ortho intramolecular Hbond substituents is 1. The largest absolute Gasteiger partial charge is 0.509 e. The molecule has 0 saturated carbocycles. The fraction of sp³-hybridized carbons (Fsp3) is 0. The Morgan fingerprint density at radius 3 is 2.77 bits per heavy atom. The molecule has 13 heavy (non-hydrogen) atoms. The number of hydrogen-bond donors (Lipinski definition) is 2. The summed E-state index contributed by atoms with van der Waals surface area (Å²) >= 11 is 0. The molecule has 3 nitrogen and oxygen atoms in total. The van der Waals surface area contributed by atoms with E-state index < -0.39 is 0 Å². The lowest BCUT2D eigenvalue weighted by atomic mass is 9.90. The van der Waals surface area contributed by atoms with Crippen molar-refractivity contribution in [2.45, 2.75) is 0 Å². The predicted molar refractivity (Wildman–Crippen MR) is 48.4 cm³/mol. The predicted octanol–water partition coefficient (Wildman–Crippen LogP) is -0.136. The summed E-state index contributed by atoms with van der Waals surface area (Å²) in [5.41, 5.74) is 0.846. The van der Waals surface area contributed by atoms with Gasteiger partial charge in [-0.25, -0.2) is 0 Å². The Bertz CT molecular complexity index is 470. The van der Waals surface area contributed by atoms with E-state index >= 15 is 0 Å². The van der Waals surface area contributed by atoms with Gasteiger partial charge in [0, 0.05) is 22.2 Å². The average Bonchev–Trinajstić information content (AvgIpc) is 2.12. The first kappa shape index (κ1) is 7.92. The molecule has 0 spiro atoms. The second-order valence-electron chi connectivity index (χ2n) is 2.78. The molecule has 0 aliphatic rings. The summed E-state index contributed by atoms with van der Waals surface area (Å²) in [4.78, 5) is 0. The molecule has 0 amide bonds. The van der Waals surface area contributed by atoms with Crippen LogP contribution in [0.5, 0.6) is 5.75 Å². The van der Waals surface area contributed by atoms with Gasteiger partial charge in [0.1, 0.15) is 13.6 Å². The summed E-state index contributed by atoms with van der Waals surface area (Å²) < 4.78 is 0.963. The van der Waals surface area contributed by atoms with Crippen molar-refractivity contribution in [3.63, 3.8) is 0 Å². The lowest BCUT2D eigenvalue weighted by Gasteiger charge is -2.00. The van der Waals surface area contributed by atoms with Crippen LogP contribution in [-0.2, 0) is 0 Å². The molecular weight excluding hydrogens is 165 g/mol. The van der Waals surface area contributed by atoms with E-state index in [2.05, 4.69) is 0 Å². The molecule has 0 unspecified atom stereocenters. The third-order valence-corrected chi connectivity index (χ3v) is 1.98. The highest BCUT2D eigenvalue weighted by Crippen LogP contribution is 2.12. The molecule has 1 aromatic carbocycles. The number of fused-ring (bicyclic) bond motifs is 1. The molecule has 0 bridgehead atoms. The molecule has 2 radical (unpaired) electrons. The molecule has 0 aliphatic carbocycles. The fourth-order valence-corrected chi connectivity index (χ4v) is 1.29. The second kappa shape index (κ2) is 2.66. The number of phenols is 1. The topological polar surface area (TPSA) is 44.3 Å². The first-order chi connectivity index (χ1) is 6.20. The van der Waals surface area contributed by atoms with Gasteiger partial charge in [0.25, 0.3) is 5.52 Å². The molecule has 0 atom stereocenters. The molecule has 1 heterocycles. The maximum absolute atomic E-state index is 9.37. The minimum absolute atomic E-state index is 0.0266.